The highest BCUT2D eigenvalue weighted by Crippen LogP contribution is 2.19. The summed E-state index contributed by atoms with van der Waals surface area (Å²) >= 11 is 0. The molecule has 9 heteroatoms. The second-order valence-corrected chi connectivity index (χ2v) is 6.71. The molecule has 3 heterocycles. The van der Waals surface area contributed by atoms with Gasteiger partial charge in [0.25, 0.3) is 0 Å². The molecule has 21 heavy (non-hydrogen) atoms. The molecule has 2 N–H and O–H groups in total. The minimum Gasteiger partial charge on any atom is -0.360 e. The molecule has 0 atom stereocenters. The van der Waals surface area contributed by atoms with Crippen LogP contribution in [-0.2, 0) is 29.7 Å². The van der Waals surface area contributed by atoms with Crippen LogP contribution in [0.3, 0.4) is 0 Å². The maximum Gasteiger partial charge on any atom is 0.246 e. The minimum absolute atomic E-state index is 0.105. The molecule has 0 aromatic carbocycles. The maximum atomic E-state index is 12.3. The lowest BCUT2D eigenvalue weighted by Gasteiger charge is -2.13. The van der Waals surface area contributed by atoms with E-state index in [2.05, 4.69) is 20.3 Å². The molecule has 2 aromatic heterocycles. The van der Waals surface area contributed by atoms with Gasteiger partial charge in [0, 0.05) is 13.1 Å². The van der Waals surface area contributed by atoms with Gasteiger partial charge in [-0.3, -0.25) is 4.68 Å². The van der Waals surface area contributed by atoms with Crippen molar-refractivity contribution in [3.63, 3.8) is 0 Å². The van der Waals surface area contributed by atoms with E-state index < -0.39 is 10.0 Å². The Morgan fingerprint density at radius 3 is 2.95 bits per heavy atom. The molecule has 0 bridgehead atoms. The monoisotopic (exact) mass is 311 g/mol. The second kappa shape index (κ2) is 5.24. The Balaban J connectivity index is 1.76. The third kappa shape index (κ3) is 2.71. The lowest BCUT2D eigenvalue weighted by atomic mass is 10.3. The van der Waals surface area contributed by atoms with Crippen molar-refractivity contribution >= 4 is 10.0 Å². The molecule has 0 unspecified atom stereocenters. The van der Waals surface area contributed by atoms with Crippen LogP contribution in [0.1, 0.15) is 22.8 Å². The van der Waals surface area contributed by atoms with Crippen LogP contribution in [0, 0.1) is 13.8 Å². The molecule has 0 saturated heterocycles. The molecule has 0 radical (unpaired) electrons. The van der Waals surface area contributed by atoms with Crippen molar-refractivity contribution in [2.45, 2.75) is 38.4 Å². The van der Waals surface area contributed by atoms with Crippen LogP contribution in [0.25, 0.3) is 0 Å². The Bertz CT molecular complexity index is 719. The van der Waals surface area contributed by atoms with Crippen LogP contribution in [0.5, 0.6) is 0 Å². The molecule has 0 amide bonds. The average Bonchev–Trinajstić information content (AvgIpc) is 3.00. The zero-order valence-corrected chi connectivity index (χ0v) is 12.7. The third-order valence-corrected chi connectivity index (χ3v) is 5.05. The van der Waals surface area contributed by atoms with E-state index in [1.165, 1.54) is 0 Å². The van der Waals surface area contributed by atoms with Crippen LogP contribution in [0.2, 0.25) is 0 Å². The molecule has 1 aliphatic rings. The summed E-state index contributed by atoms with van der Waals surface area (Å²) in [4.78, 5) is 0.105. The summed E-state index contributed by atoms with van der Waals surface area (Å²) in [5.41, 5.74) is 2.12. The zero-order chi connectivity index (χ0) is 15.0. The first-order chi connectivity index (χ1) is 9.97. The van der Waals surface area contributed by atoms with Crippen molar-refractivity contribution in [2.75, 3.05) is 6.54 Å². The third-order valence-electron chi connectivity index (χ3n) is 3.40. The van der Waals surface area contributed by atoms with Gasteiger partial charge < -0.3 is 9.84 Å². The van der Waals surface area contributed by atoms with Crippen molar-refractivity contribution in [1.29, 1.82) is 0 Å². The first-order valence-corrected chi connectivity index (χ1v) is 8.14. The largest absolute Gasteiger partial charge is 0.360 e. The van der Waals surface area contributed by atoms with Crippen molar-refractivity contribution in [3.05, 3.63) is 28.9 Å². The zero-order valence-electron chi connectivity index (χ0n) is 11.9. The number of rotatable bonds is 4. The van der Waals surface area contributed by atoms with Gasteiger partial charge >= 0.3 is 0 Å². The minimum atomic E-state index is -3.65. The molecule has 2 aromatic rings. The molecule has 0 saturated carbocycles. The Morgan fingerprint density at radius 2 is 2.29 bits per heavy atom. The van der Waals surface area contributed by atoms with Gasteiger partial charge in [0.2, 0.25) is 10.0 Å². The first kappa shape index (κ1) is 14.2. The number of hydrogen-bond acceptors (Lipinski definition) is 6. The van der Waals surface area contributed by atoms with Crippen LogP contribution in [0.15, 0.2) is 15.5 Å². The van der Waals surface area contributed by atoms with Gasteiger partial charge in [-0.15, -0.1) is 0 Å². The summed E-state index contributed by atoms with van der Waals surface area (Å²) < 4.78 is 33.9. The maximum absolute atomic E-state index is 12.3. The van der Waals surface area contributed by atoms with Gasteiger partial charge in [-0.05, 0) is 19.9 Å². The van der Waals surface area contributed by atoms with E-state index >= 15 is 0 Å². The Labute approximate surface area is 122 Å². The van der Waals surface area contributed by atoms with Gasteiger partial charge in [0.05, 0.1) is 24.5 Å². The molecule has 8 nitrogen and oxygen atoms in total. The van der Waals surface area contributed by atoms with E-state index in [0.29, 0.717) is 11.4 Å². The van der Waals surface area contributed by atoms with E-state index in [0.717, 1.165) is 25.3 Å². The number of nitrogens with one attached hydrogen (secondary N) is 2. The van der Waals surface area contributed by atoms with Crippen molar-refractivity contribution in [1.82, 2.24) is 25.0 Å². The van der Waals surface area contributed by atoms with Crippen molar-refractivity contribution in [2.24, 2.45) is 0 Å². The molecule has 1 aliphatic heterocycles. The molecule has 114 valence electrons. The number of aromatic nitrogens is 3. The highest BCUT2D eigenvalue weighted by molar-refractivity contribution is 7.89. The van der Waals surface area contributed by atoms with E-state index in [9.17, 15) is 8.42 Å². The molecular formula is C12H17N5O3S. The van der Waals surface area contributed by atoms with Gasteiger partial charge in [-0.2, -0.15) is 5.10 Å². The summed E-state index contributed by atoms with van der Waals surface area (Å²) in [5, 5.41) is 11.3. The normalized spacial score (nSPS) is 15.1. The SMILES string of the molecule is Cc1noc(C)c1S(=O)(=O)NCc1cc2n(n1)CCNC2. The topological polar surface area (TPSA) is 102 Å². The van der Waals surface area contributed by atoms with Crippen molar-refractivity contribution < 1.29 is 12.9 Å². The van der Waals surface area contributed by atoms with Crippen LogP contribution < -0.4 is 10.0 Å². The van der Waals surface area contributed by atoms with Crippen molar-refractivity contribution in [3.8, 4) is 0 Å². The van der Waals surface area contributed by atoms with Gasteiger partial charge in [0.1, 0.15) is 10.6 Å². The highest BCUT2D eigenvalue weighted by atomic mass is 32.2. The smallest absolute Gasteiger partial charge is 0.246 e. The van der Waals surface area contributed by atoms with Crippen LogP contribution >= 0.6 is 0 Å². The quantitative estimate of drug-likeness (QED) is 0.828. The average molecular weight is 311 g/mol. The number of aryl methyl sites for hydroxylation is 2. The number of hydrogen-bond donors (Lipinski definition) is 2. The first-order valence-electron chi connectivity index (χ1n) is 6.66. The standard InChI is InChI=1S/C12H17N5O3S/c1-8-12(9(2)20-16-8)21(18,19)14-6-10-5-11-7-13-3-4-17(11)15-10/h5,13-14H,3-4,6-7H2,1-2H3. The molecule has 0 fully saturated rings. The van der Waals surface area contributed by atoms with Crippen LogP contribution in [0.4, 0.5) is 0 Å². The summed E-state index contributed by atoms with van der Waals surface area (Å²) in [6, 6.07) is 1.90. The van der Waals surface area contributed by atoms with Gasteiger partial charge in [-0.1, -0.05) is 5.16 Å². The fraction of sp³-hybridized carbons (Fsp3) is 0.500. The summed E-state index contributed by atoms with van der Waals surface area (Å²) in [5.74, 6) is 0.285. The van der Waals surface area contributed by atoms with E-state index in [1.807, 2.05) is 10.7 Å². The fourth-order valence-electron chi connectivity index (χ4n) is 2.44. The summed E-state index contributed by atoms with van der Waals surface area (Å²) in [6.45, 7) is 5.75. The predicted octanol–water partition coefficient (Wildman–Crippen LogP) is 0.0696. The lowest BCUT2D eigenvalue weighted by Crippen LogP contribution is -2.28. The summed E-state index contributed by atoms with van der Waals surface area (Å²) in [6.07, 6.45) is 0. The highest BCUT2D eigenvalue weighted by Gasteiger charge is 2.24. The van der Waals surface area contributed by atoms with Gasteiger partial charge in [0.15, 0.2) is 5.76 Å². The Hall–Kier alpha value is -1.71. The molecule has 0 aliphatic carbocycles. The Morgan fingerprint density at radius 1 is 1.48 bits per heavy atom. The van der Waals surface area contributed by atoms with Gasteiger partial charge in [-0.25, -0.2) is 13.1 Å². The number of nitrogens with zero attached hydrogens (tertiary/aromatic N) is 3. The second-order valence-electron chi connectivity index (χ2n) is 5.00. The van der Waals surface area contributed by atoms with E-state index in [4.69, 9.17) is 4.52 Å². The Kier molecular flexibility index (Phi) is 3.56. The fourth-order valence-corrected chi connectivity index (χ4v) is 3.76. The molecular weight excluding hydrogens is 294 g/mol. The number of sulfonamides is 1. The lowest BCUT2D eigenvalue weighted by molar-refractivity contribution is 0.390. The predicted molar refractivity (Wildman–Crippen MR) is 73.9 cm³/mol. The van der Waals surface area contributed by atoms with Crippen LogP contribution in [-0.4, -0.2) is 29.9 Å². The molecule has 0 spiro atoms. The number of fused-ring (bicyclic) bond motifs is 1. The van der Waals surface area contributed by atoms with E-state index in [1.54, 1.807) is 13.8 Å². The summed E-state index contributed by atoms with van der Waals surface area (Å²) in [7, 11) is -3.65. The molecule has 3 rings (SSSR count). The van der Waals surface area contributed by atoms with E-state index in [-0.39, 0.29) is 17.2 Å².